The van der Waals surface area contributed by atoms with E-state index in [2.05, 4.69) is 5.32 Å². The fraction of sp³-hybridized carbons (Fsp3) is 0.462. The third-order valence-electron chi connectivity index (χ3n) is 2.74. The van der Waals surface area contributed by atoms with Crippen LogP contribution in [0.25, 0.3) is 0 Å². The fourth-order valence-electron chi connectivity index (χ4n) is 1.76. The second-order valence-electron chi connectivity index (χ2n) is 4.14. The molecule has 1 fully saturated rings. The number of ether oxygens (including phenoxy) is 1. The van der Waals surface area contributed by atoms with Gasteiger partial charge in [0.2, 0.25) is 0 Å². The Labute approximate surface area is 122 Å². The Balaban J connectivity index is 1.65. The molecule has 0 bridgehead atoms. The highest BCUT2D eigenvalue weighted by Gasteiger charge is 2.15. The van der Waals surface area contributed by atoms with Crippen molar-refractivity contribution >= 4 is 29.4 Å². The number of hydrogen-bond donors (Lipinski definition) is 1. The zero-order valence-electron chi connectivity index (χ0n) is 10.6. The van der Waals surface area contributed by atoms with Gasteiger partial charge in [0.05, 0.1) is 6.54 Å². The molecule has 0 atom stereocenters. The highest BCUT2D eigenvalue weighted by Crippen LogP contribution is 2.16. The summed E-state index contributed by atoms with van der Waals surface area (Å²) in [5.74, 6) is 2.76. The first-order valence-electron chi connectivity index (χ1n) is 6.24. The van der Waals surface area contributed by atoms with E-state index in [9.17, 15) is 4.79 Å². The van der Waals surface area contributed by atoms with E-state index >= 15 is 0 Å². The molecule has 4 nitrogen and oxygen atoms in total. The predicted molar refractivity (Wildman–Crippen MR) is 79.2 cm³/mol. The van der Waals surface area contributed by atoms with Crippen LogP contribution in [0.5, 0.6) is 5.75 Å². The van der Waals surface area contributed by atoms with Gasteiger partial charge in [-0.05, 0) is 18.2 Å². The number of thioether (sulfide) groups is 1. The Morgan fingerprint density at radius 2 is 2.21 bits per heavy atom. The highest BCUT2D eigenvalue weighted by atomic mass is 35.5. The van der Waals surface area contributed by atoms with Crippen LogP contribution >= 0.6 is 23.4 Å². The highest BCUT2D eigenvalue weighted by molar-refractivity contribution is 7.99. The fourth-order valence-corrected chi connectivity index (χ4v) is 2.85. The zero-order chi connectivity index (χ0) is 13.5. The quantitative estimate of drug-likeness (QED) is 0.869. The molecule has 0 spiro atoms. The molecule has 0 unspecified atom stereocenters. The van der Waals surface area contributed by atoms with Crippen molar-refractivity contribution in [3.05, 3.63) is 29.3 Å². The lowest BCUT2D eigenvalue weighted by molar-refractivity contribution is 0.200. The maximum absolute atomic E-state index is 11.8. The molecule has 1 N–H and O–H groups in total. The third-order valence-corrected chi connectivity index (χ3v) is 3.92. The lowest BCUT2D eigenvalue weighted by Crippen LogP contribution is -2.45. The molecule has 0 radical (unpaired) electrons. The average Bonchev–Trinajstić information content (AvgIpc) is 2.44. The summed E-state index contributed by atoms with van der Waals surface area (Å²) < 4.78 is 5.50. The Bertz CT molecular complexity index is 425. The van der Waals surface area contributed by atoms with Crippen LogP contribution in [0.4, 0.5) is 4.79 Å². The molecule has 1 saturated heterocycles. The summed E-state index contributed by atoms with van der Waals surface area (Å²) >= 11 is 7.74. The zero-order valence-corrected chi connectivity index (χ0v) is 12.2. The van der Waals surface area contributed by atoms with Crippen LogP contribution in [0.15, 0.2) is 24.3 Å². The summed E-state index contributed by atoms with van der Waals surface area (Å²) in [6.45, 7) is 2.58. The predicted octanol–water partition coefficient (Wildman–Crippen LogP) is 2.48. The van der Waals surface area contributed by atoms with Gasteiger partial charge in [0.15, 0.2) is 0 Å². The van der Waals surface area contributed by atoms with Gasteiger partial charge in [-0.15, -0.1) is 0 Å². The standard InChI is InChI=1S/C13H17ClN2O2S/c14-11-2-1-3-12(10-11)18-7-4-15-13(17)16-5-8-19-9-6-16/h1-3,10H,4-9H2,(H,15,17). The van der Waals surface area contributed by atoms with Gasteiger partial charge in [0, 0.05) is 29.6 Å². The number of nitrogens with zero attached hydrogens (tertiary/aromatic N) is 1. The van der Waals surface area contributed by atoms with E-state index in [0.29, 0.717) is 18.2 Å². The van der Waals surface area contributed by atoms with Crippen molar-refractivity contribution in [2.45, 2.75) is 0 Å². The number of hydrogen-bond acceptors (Lipinski definition) is 3. The lowest BCUT2D eigenvalue weighted by atomic mass is 10.3. The molecule has 104 valence electrons. The first-order chi connectivity index (χ1) is 9.25. The van der Waals surface area contributed by atoms with Crippen LogP contribution in [0.2, 0.25) is 5.02 Å². The Morgan fingerprint density at radius 1 is 1.42 bits per heavy atom. The number of amides is 2. The van der Waals surface area contributed by atoms with Crippen molar-refractivity contribution in [1.82, 2.24) is 10.2 Å². The van der Waals surface area contributed by atoms with Crippen LogP contribution in [0.3, 0.4) is 0 Å². The van der Waals surface area contributed by atoms with Crippen LogP contribution in [0, 0.1) is 0 Å². The monoisotopic (exact) mass is 300 g/mol. The molecular formula is C13H17ClN2O2S. The molecule has 2 amide bonds. The first-order valence-corrected chi connectivity index (χ1v) is 7.78. The number of benzene rings is 1. The number of urea groups is 1. The molecule has 1 aromatic rings. The molecule has 2 rings (SSSR count). The summed E-state index contributed by atoms with van der Waals surface area (Å²) in [5, 5.41) is 3.50. The SMILES string of the molecule is O=C(NCCOc1cccc(Cl)c1)N1CCSCC1. The van der Waals surface area contributed by atoms with E-state index in [1.54, 1.807) is 12.1 Å². The number of rotatable bonds is 4. The normalized spacial score (nSPS) is 15.1. The van der Waals surface area contributed by atoms with E-state index in [0.717, 1.165) is 30.3 Å². The molecular weight excluding hydrogens is 284 g/mol. The Hall–Kier alpha value is -1.07. The van der Waals surface area contributed by atoms with Crippen molar-refractivity contribution in [3.63, 3.8) is 0 Å². The molecule has 1 aliphatic rings. The van der Waals surface area contributed by atoms with E-state index in [1.807, 2.05) is 28.8 Å². The van der Waals surface area contributed by atoms with Gasteiger partial charge in [-0.1, -0.05) is 17.7 Å². The second kappa shape index (κ2) is 7.50. The summed E-state index contributed by atoms with van der Waals surface area (Å²) in [4.78, 5) is 13.6. The molecule has 1 aromatic carbocycles. The minimum Gasteiger partial charge on any atom is -0.492 e. The van der Waals surface area contributed by atoms with Crippen molar-refractivity contribution in [2.75, 3.05) is 37.7 Å². The van der Waals surface area contributed by atoms with Gasteiger partial charge >= 0.3 is 6.03 Å². The van der Waals surface area contributed by atoms with Gasteiger partial charge in [0.25, 0.3) is 0 Å². The molecule has 0 aliphatic carbocycles. The van der Waals surface area contributed by atoms with Gasteiger partial charge in [0.1, 0.15) is 12.4 Å². The second-order valence-corrected chi connectivity index (χ2v) is 5.80. The number of carbonyl (C=O) groups excluding carboxylic acids is 1. The number of nitrogens with one attached hydrogen (secondary N) is 1. The smallest absolute Gasteiger partial charge is 0.317 e. The minimum atomic E-state index is -0.00464. The van der Waals surface area contributed by atoms with Crippen LogP contribution in [-0.2, 0) is 0 Å². The van der Waals surface area contributed by atoms with Crippen molar-refractivity contribution in [2.24, 2.45) is 0 Å². The van der Waals surface area contributed by atoms with Gasteiger partial charge in [-0.25, -0.2) is 4.79 Å². The van der Waals surface area contributed by atoms with Crippen molar-refractivity contribution in [3.8, 4) is 5.75 Å². The van der Waals surface area contributed by atoms with Crippen LogP contribution in [0.1, 0.15) is 0 Å². The molecule has 0 saturated carbocycles. The maximum Gasteiger partial charge on any atom is 0.317 e. The molecule has 1 aliphatic heterocycles. The largest absolute Gasteiger partial charge is 0.492 e. The lowest BCUT2D eigenvalue weighted by Gasteiger charge is -2.26. The molecule has 6 heteroatoms. The maximum atomic E-state index is 11.8. The topological polar surface area (TPSA) is 41.6 Å². The summed E-state index contributed by atoms with van der Waals surface area (Å²) in [5.41, 5.74) is 0. The number of carbonyl (C=O) groups is 1. The molecule has 19 heavy (non-hydrogen) atoms. The third kappa shape index (κ3) is 4.84. The summed E-state index contributed by atoms with van der Waals surface area (Å²) in [6.07, 6.45) is 0. The van der Waals surface area contributed by atoms with E-state index in [1.165, 1.54) is 0 Å². The van der Waals surface area contributed by atoms with Gasteiger partial charge in [-0.2, -0.15) is 11.8 Å². The van der Waals surface area contributed by atoms with Crippen molar-refractivity contribution in [1.29, 1.82) is 0 Å². The number of halogens is 1. The van der Waals surface area contributed by atoms with E-state index < -0.39 is 0 Å². The molecule has 1 heterocycles. The summed E-state index contributed by atoms with van der Waals surface area (Å²) in [6, 6.07) is 7.22. The van der Waals surface area contributed by atoms with Gasteiger partial charge in [-0.3, -0.25) is 0 Å². The minimum absolute atomic E-state index is 0.00464. The average molecular weight is 301 g/mol. The van der Waals surface area contributed by atoms with Crippen LogP contribution < -0.4 is 10.1 Å². The Morgan fingerprint density at radius 3 is 2.95 bits per heavy atom. The summed E-state index contributed by atoms with van der Waals surface area (Å²) in [7, 11) is 0. The van der Waals surface area contributed by atoms with Crippen molar-refractivity contribution < 1.29 is 9.53 Å². The first kappa shape index (κ1) is 14.3. The van der Waals surface area contributed by atoms with E-state index in [4.69, 9.17) is 16.3 Å². The molecule has 0 aromatic heterocycles. The Kier molecular flexibility index (Phi) is 5.66. The van der Waals surface area contributed by atoms with Gasteiger partial charge < -0.3 is 15.0 Å². The van der Waals surface area contributed by atoms with Crippen LogP contribution in [-0.4, -0.2) is 48.7 Å². The van der Waals surface area contributed by atoms with E-state index in [-0.39, 0.29) is 6.03 Å².